The molecule has 0 bridgehead atoms. The van der Waals surface area contributed by atoms with Crippen molar-refractivity contribution in [1.29, 1.82) is 0 Å². The number of amides is 1. The van der Waals surface area contributed by atoms with E-state index >= 15 is 0 Å². The van der Waals surface area contributed by atoms with Crippen molar-refractivity contribution in [2.75, 3.05) is 11.1 Å². The number of benzene rings is 1. The van der Waals surface area contributed by atoms with Gasteiger partial charge in [-0.25, -0.2) is 4.39 Å². The lowest BCUT2D eigenvalue weighted by molar-refractivity contribution is -0.113. The first-order valence-corrected chi connectivity index (χ1v) is 5.38. The predicted molar refractivity (Wildman–Crippen MR) is 51.0 cm³/mol. The van der Waals surface area contributed by atoms with E-state index in [9.17, 15) is 13.4 Å². The van der Waals surface area contributed by atoms with E-state index < -0.39 is 16.6 Å². The quantitative estimate of drug-likeness (QED) is 0.703. The number of hydrogen-bond donors (Lipinski definition) is 1. The van der Waals surface area contributed by atoms with Crippen molar-refractivity contribution in [3.05, 3.63) is 23.5 Å². The van der Waals surface area contributed by atoms with E-state index in [1.165, 1.54) is 12.1 Å². The molecule has 1 unspecified atom stereocenters. The van der Waals surface area contributed by atoms with Crippen LogP contribution in [0, 0.1) is 12.7 Å². The number of anilines is 1. The van der Waals surface area contributed by atoms with Crippen LogP contribution >= 0.6 is 0 Å². The SMILES string of the molecule is Cc1cc2c(cc1F)NC(=O)CS2=O. The minimum absolute atomic E-state index is 0.0436. The van der Waals surface area contributed by atoms with Gasteiger partial charge < -0.3 is 5.32 Å². The molecule has 74 valence electrons. The van der Waals surface area contributed by atoms with Crippen LogP contribution in [0.15, 0.2) is 17.0 Å². The molecule has 1 N–H and O–H groups in total. The lowest BCUT2D eigenvalue weighted by Crippen LogP contribution is -2.25. The fraction of sp³-hybridized carbons (Fsp3) is 0.222. The molecule has 3 nitrogen and oxygen atoms in total. The highest BCUT2D eigenvalue weighted by molar-refractivity contribution is 7.86. The Morgan fingerprint density at radius 2 is 2.21 bits per heavy atom. The number of halogens is 1. The molecule has 1 aliphatic heterocycles. The normalized spacial score (nSPS) is 20.1. The lowest BCUT2D eigenvalue weighted by Gasteiger charge is -2.16. The summed E-state index contributed by atoms with van der Waals surface area (Å²) in [6, 6.07) is 2.72. The highest BCUT2D eigenvalue weighted by Gasteiger charge is 2.22. The zero-order valence-electron chi connectivity index (χ0n) is 7.46. The van der Waals surface area contributed by atoms with Gasteiger partial charge in [-0.05, 0) is 24.6 Å². The number of carbonyl (C=O) groups excluding carboxylic acids is 1. The highest BCUT2D eigenvalue weighted by atomic mass is 32.2. The van der Waals surface area contributed by atoms with Gasteiger partial charge in [-0.15, -0.1) is 0 Å². The summed E-state index contributed by atoms with van der Waals surface area (Å²) < 4.78 is 24.6. The standard InChI is InChI=1S/C9H8FNO2S/c1-5-2-8-7(3-6(5)10)11-9(12)4-14(8)13/h2-3H,4H2,1H3,(H,11,12). The van der Waals surface area contributed by atoms with Crippen LogP contribution in [-0.4, -0.2) is 15.9 Å². The van der Waals surface area contributed by atoms with Crippen molar-refractivity contribution in [2.45, 2.75) is 11.8 Å². The van der Waals surface area contributed by atoms with Crippen LogP contribution in [0.5, 0.6) is 0 Å². The molecular formula is C9H8FNO2S. The van der Waals surface area contributed by atoms with Crippen molar-refractivity contribution in [1.82, 2.24) is 0 Å². The summed E-state index contributed by atoms with van der Waals surface area (Å²) in [4.78, 5) is 11.5. The molecule has 1 amide bonds. The Labute approximate surface area is 82.8 Å². The molecule has 1 atom stereocenters. The van der Waals surface area contributed by atoms with Crippen molar-refractivity contribution in [2.24, 2.45) is 0 Å². The Balaban J connectivity index is 2.60. The van der Waals surface area contributed by atoms with Gasteiger partial charge in [-0.3, -0.25) is 9.00 Å². The zero-order chi connectivity index (χ0) is 10.3. The highest BCUT2D eigenvalue weighted by Crippen LogP contribution is 2.26. The molecule has 14 heavy (non-hydrogen) atoms. The predicted octanol–water partition coefficient (Wildman–Crippen LogP) is 1.19. The summed E-state index contributed by atoms with van der Waals surface area (Å²) in [5, 5.41) is 2.49. The van der Waals surface area contributed by atoms with Crippen LogP contribution in [0.3, 0.4) is 0 Å². The van der Waals surface area contributed by atoms with E-state index in [0.717, 1.165) is 0 Å². The third kappa shape index (κ3) is 1.43. The first-order chi connectivity index (χ1) is 6.58. The molecule has 5 heteroatoms. The van der Waals surface area contributed by atoms with Gasteiger partial charge >= 0.3 is 0 Å². The van der Waals surface area contributed by atoms with Crippen LogP contribution in [0.2, 0.25) is 0 Å². The minimum Gasteiger partial charge on any atom is -0.324 e. The van der Waals surface area contributed by atoms with Gasteiger partial charge in [0.2, 0.25) is 5.91 Å². The second kappa shape index (κ2) is 3.16. The van der Waals surface area contributed by atoms with Crippen molar-refractivity contribution in [3.8, 4) is 0 Å². The Morgan fingerprint density at radius 3 is 2.93 bits per heavy atom. The largest absolute Gasteiger partial charge is 0.324 e. The summed E-state index contributed by atoms with van der Waals surface area (Å²) in [6.45, 7) is 1.60. The van der Waals surface area contributed by atoms with Crippen molar-refractivity contribution in [3.63, 3.8) is 0 Å². The van der Waals surface area contributed by atoms with Crippen LogP contribution in [-0.2, 0) is 15.6 Å². The smallest absolute Gasteiger partial charge is 0.237 e. The molecule has 0 aromatic heterocycles. The third-order valence-corrected chi connectivity index (χ3v) is 3.40. The van der Waals surface area contributed by atoms with Crippen LogP contribution in [0.1, 0.15) is 5.56 Å². The van der Waals surface area contributed by atoms with Gasteiger partial charge in [0, 0.05) is 0 Å². The minimum atomic E-state index is -1.34. The fourth-order valence-corrected chi connectivity index (χ4v) is 2.45. The van der Waals surface area contributed by atoms with Gasteiger partial charge in [0.05, 0.1) is 21.4 Å². The molecule has 0 saturated heterocycles. The number of aryl methyl sites for hydroxylation is 1. The molecule has 1 heterocycles. The molecule has 1 aliphatic rings. The first-order valence-electron chi connectivity index (χ1n) is 4.06. The Bertz CT molecular complexity index is 445. The molecular weight excluding hydrogens is 205 g/mol. The average molecular weight is 213 g/mol. The Kier molecular flexibility index (Phi) is 2.11. The van der Waals surface area contributed by atoms with E-state index in [1.807, 2.05) is 0 Å². The number of fused-ring (bicyclic) bond motifs is 1. The van der Waals surface area contributed by atoms with E-state index in [0.29, 0.717) is 16.1 Å². The fourth-order valence-electron chi connectivity index (χ4n) is 1.32. The van der Waals surface area contributed by atoms with Crippen LogP contribution in [0.4, 0.5) is 10.1 Å². The van der Waals surface area contributed by atoms with Crippen LogP contribution < -0.4 is 5.32 Å². The van der Waals surface area contributed by atoms with E-state index in [-0.39, 0.29) is 11.7 Å². The molecule has 0 radical (unpaired) electrons. The van der Waals surface area contributed by atoms with Crippen LogP contribution in [0.25, 0.3) is 0 Å². The second-order valence-electron chi connectivity index (χ2n) is 3.14. The van der Waals surface area contributed by atoms with E-state index in [1.54, 1.807) is 6.92 Å². The molecule has 1 aromatic carbocycles. The molecule has 2 rings (SSSR count). The lowest BCUT2D eigenvalue weighted by atomic mass is 10.2. The van der Waals surface area contributed by atoms with Gasteiger partial charge in [-0.1, -0.05) is 0 Å². The number of rotatable bonds is 0. The van der Waals surface area contributed by atoms with Crippen molar-refractivity contribution >= 4 is 22.4 Å². The maximum absolute atomic E-state index is 13.1. The first kappa shape index (κ1) is 9.33. The third-order valence-electron chi connectivity index (χ3n) is 2.04. The maximum Gasteiger partial charge on any atom is 0.237 e. The summed E-state index contributed by atoms with van der Waals surface area (Å²) >= 11 is 0. The average Bonchev–Trinajstić information content (AvgIpc) is 2.08. The number of carbonyl (C=O) groups is 1. The van der Waals surface area contributed by atoms with Gasteiger partial charge in [-0.2, -0.15) is 0 Å². The zero-order valence-corrected chi connectivity index (χ0v) is 8.28. The molecule has 0 fully saturated rings. The topological polar surface area (TPSA) is 46.2 Å². The summed E-state index contributed by atoms with van der Waals surface area (Å²) in [6.07, 6.45) is 0. The maximum atomic E-state index is 13.1. The molecule has 0 spiro atoms. The molecule has 1 aromatic rings. The summed E-state index contributed by atoms with van der Waals surface area (Å²) in [5.41, 5.74) is 0.760. The van der Waals surface area contributed by atoms with E-state index in [4.69, 9.17) is 0 Å². The molecule has 0 saturated carbocycles. The van der Waals surface area contributed by atoms with Gasteiger partial charge in [0.15, 0.2) is 0 Å². The van der Waals surface area contributed by atoms with E-state index in [2.05, 4.69) is 5.32 Å². The monoisotopic (exact) mass is 213 g/mol. The Morgan fingerprint density at radius 1 is 1.50 bits per heavy atom. The Hall–Kier alpha value is -1.23. The summed E-state index contributed by atoms with van der Waals surface area (Å²) in [5.74, 6) is -0.778. The van der Waals surface area contributed by atoms with Crippen molar-refractivity contribution < 1.29 is 13.4 Å². The number of hydrogen-bond acceptors (Lipinski definition) is 2. The van der Waals surface area contributed by atoms with Gasteiger partial charge in [0.1, 0.15) is 11.6 Å². The second-order valence-corrected chi connectivity index (χ2v) is 4.56. The molecule has 0 aliphatic carbocycles. The van der Waals surface area contributed by atoms with Gasteiger partial charge in [0.25, 0.3) is 0 Å². The number of nitrogens with one attached hydrogen (secondary N) is 1. The summed E-state index contributed by atoms with van der Waals surface area (Å²) in [7, 11) is -1.34.